The Labute approximate surface area is 195 Å². The summed E-state index contributed by atoms with van der Waals surface area (Å²) in [6, 6.07) is 17.6. The van der Waals surface area contributed by atoms with E-state index in [2.05, 4.69) is 21.9 Å². The second-order valence-corrected chi connectivity index (χ2v) is 8.44. The normalized spacial score (nSPS) is 16.9. The highest BCUT2D eigenvalue weighted by molar-refractivity contribution is 6.35. The van der Waals surface area contributed by atoms with Gasteiger partial charge in [0.05, 0.1) is 31.9 Å². The summed E-state index contributed by atoms with van der Waals surface area (Å²) in [5.41, 5.74) is 2.84. The zero-order chi connectivity index (χ0) is 23.4. The van der Waals surface area contributed by atoms with Crippen molar-refractivity contribution in [2.24, 2.45) is 0 Å². The molecule has 1 saturated heterocycles. The van der Waals surface area contributed by atoms with Crippen molar-refractivity contribution in [3.8, 4) is 5.75 Å². The molecule has 2 amide bonds. The molecule has 0 atom stereocenters. The summed E-state index contributed by atoms with van der Waals surface area (Å²) < 4.78 is 10.9. The van der Waals surface area contributed by atoms with Crippen LogP contribution in [0.5, 0.6) is 5.75 Å². The molecule has 0 N–H and O–H groups in total. The number of piperazine rings is 1. The minimum Gasteiger partial charge on any atom is -0.497 e. The number of methoxy groups -OCH3 is 1. The summed E-state index contributed by atoms with van der Waals surface area (Å²) in [4.78, 5) is 32.6. The van der Waals surface area contributed by atoms with Crippen LogP contribution in [0.2, 0.25) is 0 Å². The molecule has 0 aliphatic carbocycles. The predicted octanol–water partition coefficient (Wildman–Crippen LogP) is 3.02. The lowest BCUT2D eigenvalue weighted by Gasteiger charge is -2.37. The summed E-state index contributed by atoms with van der Waals surface area (Å²) >= 11 is 0. The third-order valence-corrected chi connectivity index (χ3v) is 6.01. The summed E-state index contributed by atoms with van der Waals surface area (Å²) in [6.45, 7) is 7.32. The second kappa shape index (κ2) is 10.1. The number of rotatable bonds is 8. The maximum atomic E-state index is 13.5. The number of carbonyl (C=O) groups excluding carboxylic acids is 2. The molecule has 1 fully saturated rings. The molecule has 0 unspecified atom stereocenters. The van der Waals surface area contributed by atoms with Crippen LogP contribution in [0.25, 0.3) is 5.57 Å². The largest absolute Gasteiger partial charge is 0.497 e. The molecule has 2 aromatic carbocycles. The zero-order valence-corrected chi connectivity index (χ0v) is 19.5. The molecule has 0 radical (unpaired) electrons. The van der Waals surface area contributed by atoms with Gasteiger partial charge in [0.2, 0.25) is 0 Å². The molecule has 0 aromatic heterocycles. The van der Waals surface area contributed by atoms with Crippen LogP contribution < -0.4 is 9.64 Å². The zero-order valence-electron chi connectivity index (χ0n) is 19.5. The molecule has 2 aliphatic rings. The van der Waals surface area contributed by atoms with Gasteiger partial charge in [0.25, 0.3) is 11.8 Å². The van der Waals surface area contributed by atoms with Crippen LogP contribution in [0.15, 0.2) is 60.3 Å². The molecule has 0 spiro atoms. The van der Waals surface area contributed by atoms with Crippen LogP contribution in [0.4, 0.5) is 5.69 Å². The van der Waals surface area contributed by atoms with E-state index < -0.39 is 0 Å². The molecule has 0 bridgehead atoms. The number of imide groups is 1. The number of ether oxygens (including phenoxy) is 2. The van der Waals surface area contributed by atoms with Gasteiger partial charge >= 0.3 is 0 Å². The van der Waals surface area contributed by atoms with E-state index in [0.29, 0.717) is 36.7 Å². The van der Waals surface area contributed by atoms with Gasteiger partial charge in [0.1, 0.15) is 11.4 Å². The Morgan fingerprint density at radius 2 is 1.48 bits per heavy atom. The monoisotopic (exact) mass is 449 g/mol. The van der Waals surface area contributed by atoms with Crippen molar-refractivity contribution in [3.05, 3.63) is 65.9 Å². The quantitative estimate of drug-likeness (QED) is 0.578. The Bertz CT molecular complexity index is 1010. The van der Waals surface area contributed by atoms with Gasteiger partial charge in [-0.1, -0.05) is 30.3 Å². The molecule has 4 rings (SSSR count). The van der Waals surface area contributed by atoms with Crippen molar-refractivity contribution < 1.29 is 19.1 Å². The van der Waals surface area contributed by atoms with Crippen LogP contribution >= 0.6 is 0 Å². The number of benzene rings is 2. The molecule has 2 aromatic rings. The van der Waals surface area contributed by atoms with Gasteiger partial charge in [-0.2, -0.15) is 0 Å². The first-order valence-corrected chi connectivity index (χ1v) is 11.4. The van der Waals surface area contributed by atoms with Crippen LogP contribution in [0.1, 0.15) is 19.4 Å². The third kappa shape index (κ3) is 4.88. The molecule has 2 heterocycles. The average Bonchev–Trinajstić information content (AvgIpc) is 3.09. The molecule has 33 heavy (non-hydrogen) atoms. The van der Waals surface area contributed by atoms with Gasteiger partial charge in [0, 0.05) is 31.9 Å². The average molecular weight is 450 g/mol. The fourth-order valence-electron chi connectivity index (χ4n) is 4.28. The Morgan fingerprint density at radius 1 is 0.848 bits per heavy atom. The Morgan fingerprint density at radius 3 is 2.09 bits per heavy atom. The van der Waals surface area contributed by atoms with Crippen LogP contribution in [-0.2, 0) is 14.3 Å². The van der Waals surface area contributed by atoms with E-state index in [4.69, 9.17) is 9.47 Å². The topological polar surface area (TPSA) is 62.3 Å². The Hall–Kier alpha value is -3.32. The number of hydrogen-bond acceptors (Lipinski definition) is 6. The molecule has 0 saturated carbocycles. The van der Waals surface area contributed by atoms with Crippen LogP contribution in [0.3, 0.4) is 0 Å². The Kier molecular flexibility index (Phi) is 6.99. The number of nitrogens with zero attached hydrogens (tertiary/aromatic N) is 3. The minimum absolute atomic E-state index is 0.0392. The van der Waals surface area contributed by atoms with Gasteiger partial charge in [-0.3, -0.25) is 14.5 Å². The van der Waals surface area contributed by atoms with E-state index in [1.807, 2.05) is 56.3 Å². The molecule has 2 aliphatic heterocycles. The van der Waals surface area contributed by atoms with Gasteiger partial charge in [-0.25, -0.2) is 0 Å². The maximum Gasteiger partial charge on any atom is 0.277 e. The van der Waals surface area contributed by atoms with Gasteiger partial charge in [-0.15, -0.1) is 0 Å². The van der Waals surface area contributed by atoms with Gasteiger partial charge in [0.15, 0.2) is 0 Å². The number of hydrogen-bond donors (Lipinski definition) is 0. The van der Waals surface area contributed by atoms with Crippen LogP contribution in [0, 0.1) is 0 Å². The number of amides is 2. The molecular formula is C26H31N3O4. The summed E-state index contributed by atoms with van der Waals surface area (Å²) in [7, 11) is 1.60. The van der Waals surface area contributed by atoms with Crippen molar-refractivity contribution in [2.75, 3.05) is 51.3 Å². The van der Waals surface area contributed by atoms with E-state index in [1.165, 1.54) is 10.6 Å². The fraction of sp³-hybridized carbons (Fsp3) is 0.385. The highest BCUT2D eigenvalue weighted by atomic mass is 16.5. The van der Waals surface area contributed by atoms with E-state index in [1.54, 1.807) is 7.11 Å². The lowest BCUT2D eigenvalue weighted by molar-refractivity contribution is -0.138. The predicted molar refractivity (Wildman–Crippen MR) is 128 cm³/mol. The first kappa shape index (κ1) is 22.9. The lowest BCUT2D eigenvalue weighted by Crippen LogP contribution is -2.47. The van der Waals surface area contributed by atoms with Crippen molar-refractivity contribution in [3.63, 3.8) is 0 Å². The second-order valence-electron chi connectivity index (χ2n) is 8.44. The molecule has 7 nitrogen and oxygen atoms in total. The third-order valence-electron chi connectivity index (χ3n) is 6.01. The smallest absolute Gasteiger partial charge is 0.277 e. The standard InChI is InChI=1S/C26H31N3O4/c1-19(2)33-18-17-29-25(30)23(20-9-11-22(32-3)12-10-20)24(26(29)31)28-15-13-27(14-16-28)21-7-5-4-6-8-21/h4-12,19H,13-18H2,1-3H3. The number of carbonyl (C=O) groups is 2. The van der Waals surface area contributed by atoms with Crippen molar-refractivity contribution in [1.82, 2.24) is 9.80 Å². The van der Waals surface area contributed by atoms with E-state index in [9.17, 15) is 9.59 Å². The fourth-order valence-corrected chi connectivity index (χ4v) is 4.28. The minimum atomic E-state index is -0.266. The summed E-state index contributed by atoms with van der Waals surface area (Å²) in [6.07, 6.45) is 0.0392. The van der Waals surface area contributed by atoms with Crippen molar-refractivity contribution in [2.45, 2.75) is 20.0 Å². The lowest BCUT2D eigenvalue weighted by atomic mass is 10.0. The SMILES string of the molecule is COc1ccc(C2=C(N3CCN(c4ccccc4)CC3)C(=O)N(CCOC(C)C)C2=O)cc1. The molecule has 7 heteroatoms. The first-order valence-electron chi connectivity index (χ1n) is 11.4. The van der Waals surface area contributed by atoms with Gasteiger partial charge < -0.3 is 19.3 Å². The molecular weight excluding hydrogens is 418 g/mol. The van der Waals surface area contributed by atoms with E-state index >= 15 is 0 Å². The highest BCUT2D eigenvalue weighted by Crippen LogP contribution is 2.33. The van der Waals surface area contributed by atoms with Crippen LogP contribution in [-0.4, -0.2) is 74.2 Å². The first-order chi connectivity index (χ1) is 16.0. The van der Waals surface area contributed by atoms with Gasteiger partial charge in [-0.05, 0) is 43.7 Å². The summed E-state index contributed by atoms with van der Waals surface area (Å²) in [5.74, 6) is 0.195. The van der Waals surface area contributed by atoms with E-state index in [0.717, 1.165) is 18.7 Å². The summed E-state index contributed by atoms with van der Waals surface area (Å²) in [5, 5.41) is 0. The van der Waals surface area contributed by atoms with E-state index in [-0.39, 0.29) is 24.5 Å². The maximum absolute atomic E-state index is 13.5. The highest BCUT2D eigenvalue weighted by Gasteiger charge is 2.42. The number of para-hydroxylation sites is 1. The van der Waals surface area contributed by atoms with Crippen molar-refractivity contribution >= 4 is 23.1 Å². The van der Waals surface area contributed by atoms with Crippen molar-refractivity contribution in [1.29, 1.82) is 0 Å². The Balaban J connectivity index is 1.59. The molecule has 174 valence electrons. The number of anilines is 1.